The molecule has 0 nitrogen and oxygen atoms in total. The first kappa shape index (κ1) is 9.28. The monoisotopic (exact) mass is 203 g/mol. The average molecular weight is 203 g/mol. The summed E-state index contributed by atoms with van der Waals surface area (Å²) in [5, 5.41) is 0. The molecule has 0 heterocycles. The van der Waals surface area contributed by atoms with Crippen molar-refractivity contribution in [2.24, 2.45) is 0 Å². The molecular weight excluding hydrogens is 195 g/mol. The van der Waals surface area contributed by atoms with Gasteiger partial charge in [0.1, 0.15) is 5.82 Å². The summed E-state index contributed by atoms with van der Waals surface area (Å²) in [7, 11) is 0. The predicted octanol–water partition coefficient (Wildman–Crippen LogP) is 3.78. The van der Waals surface area contributed by atoms with E-state index in [1.165, 1.54) is 23.9 Å². The van der Waals surface area contributed by atoms with E-state index in [4.69, 9.17) is 0 Å². The van der Waals surface area contributed by atoms with E-state index < -0.39 is 0 Å². The van der Waals surface area contributed by atoms with Gasteiger partial charge in [-0.3, -0.25) is 0 Å². The van der Waals surface area contributed by atoms with Crippen molar-refractivity contribution in [1.29, 1.82) is 0 Å². The number of hydrogen-bond acceptors (Lipinski definition) is 1. The van der Waals surface area contributed by atoms with E-state index in [1.807, 2.05) is 30.3 Å². The SMILES string of the molecule is Fc1cccc(Sc2c[c]ccc2)c1. The van der Waals surface area contributed by atoms with Crippen molar-refractivity contribution in [2.75, 3.05) is 0 Å². The van der Waals surface area contributed by atoms with E-state index in [0.29, 0.717) is 0 Å². The Balaban J connectivity index is 2.19. The zero-order chi connectivity index (χ0) is 9.80. The smallest absolute Gasteiger partial charge is 0.124 e. The van der Waals surface area contributed by atoms with Crippen molar-refractivity contribution in [1.82, 2.24) is 0 Å². The minimum Gasteiger partial charge on any atom is -0.207 e. The van der Waals surface area contributed by atoms with Crippen molar-refractivity contribution in [2.45, 2.75) is 9.79 Å². The summed E-state index contributed by atoms with van der Waals surface area (Å²) < 4.78 is 12.8. The van der Waals surface area contributed by atoms with E-state index >= 15 is 0 Å². The van der Waals surface area contributed by atoms with Crippen LogP contribution in [0.25, 0.3) is 0 Å². The van der Waals surface area contributed by atoms with Crippen LogP contribution in [0.15, 0.2) is 58.3 Å². The molecule has 0 aromatic heterocycles. The zero-order valence-electron chi connectivity index (χ0n) is 7.41. The molecule has 0 aliphatic heterocycles. The minimum absolute atomic E-state index is 0.199. The molecule has 0 atom stereocenters. The highest BCUT2D eigenvalue weighted by atomic mass is 32.2. The molecule has 0 saturated carbocycles. The minimum atomic E-state index is -0.199. The molecule has 0 fully saturated rings. The fourth-order valence-electron chi connectivity index (χ4n) is 1.11. The fourth-order valence-corrected chi connectivity index (χ4v) is 1.97. The second kappa shape index (κ2) is 4.29. The van der Waals surface area contributed by atoms with E-state index in [9.17, 15) is 4.39 Å². The Kier molecular flexibility index (Phi) is 2.84. The van der Waals surface area contributed by atoms with Gasteiger partial charge in [0, 0.05) is 9.79 Å². The molecule has 0 aliphatic rings. The van der Waals surface area contributed by atoms with Gasteiger partial charge in [0.15, 0.2) is 0 Å². The Labute approximate surface area is 86.8 Å². The Bertz CT molecular complexity index is 412. The van der Waals surface area contributed by atoms with Gasteiger partial charge < -0.3 is 0 Å². The van der Waals surface area contributed by atoms with Crippen molar-refractivity contribution in [3.05, 3.63) is 60.4 Å². The number of rotatable bonds is 2. The summed E-state index contributed by atoms with van der Waals surface area (Å²) in [6.07, 6.45) is 0. The summed E-state index contributed by atoms with van der Waals surface area (Å²) in [5.41, 5.74) is 0. The lowest BCUT2D eigenvalue weighted by atomic mass is 10.3. The molecule has 0 amide bonds. The highest BCUT2D eigenvalue weighted by Crippen LogP contribution is 2.27. The number of hydrogen-bond donors (Lipinski definition) is 0. The Hall–Kier alpha value is -1.28. The van der Waals surface area contributed by atoms with Crippen LogP contribution in [0.3, 0.4) is 0 Å². The van der Waals surface area contributed by atoms with Gasteiger partial charge in [0.25, 0.3) is 0 Å². The van der Waals surface area contributed by atoms with E-state index in [1.54, 1.807) is 6.07 Å². The van der Waals surface area contributed by atoms with Crippen LogP contribution in [0.1, 0.15) is 0 Å². The summed E-state index contributed by atoms with van der Waals surface area (Å²) in [6.45, 7) is 0. The van der Waals surface area contributed by atoms with Gasteiger partial charge in [-0.2, -0.15) is 0 Å². The van der Waals surface area contributed by atoms with Crippen LogP contribution >= 0.6 is 11.8 Å². The molecule has 2 aromatic carbocycles. The largest absolute Gasteiger partial charge is 0.207 e. The molecule has 0 bridgehead atoms. The Morgan fingerprint density at radius 3 is 2.64 bits per heavy atom. The van der Waals surface area contributed by atoms with Crippen LogP contribution < -0.4 is 0 Å². The second-order valence-electron chi connectivity index (χ2n) is 2.80. The van der Waals surface area contributed by atoms with Crippen LogP contribution in [0.2, 0.25) is 0 Å². The third-order valence-corrected chi connectivity index (χ3v) is 2.69. The number of benzene rings is 2. The molecule has 0 unspecified atom stereocenters. The molecule has 2 heteroatoms. The highest BCUT2D eigenvalue weighted by molar-refractivity contribution is 7.99. The third-order valence-electron chi connectivity index (χ3n) is 1.71. The van der Waals surface area contributed by atoms with Gasteiger partial charge in [-0.15, -0.1) is 0 Å². The van der Waals surface area contributed by atoms with Crippen LogP contribution in [0.5, 0.6) is 0 Å². The van der Waals surface area contributed by atoms with E-state index in [0.717, 1.165) is 9.79 Å². The maximum atomic E-state index is 12.8. The Morgan fingerprint density at radius 2 is 1.93 bits per heavy atom. The lowest BCUT2D eigenvalue weighted by Gasteiger charge is -2.00. The predicted molar refractivity (Wildman–Crippen MR) is 55.8 cm³/mol. The highest BCUT2D eigenvalue weighted by Gasteiger charge is 1.97. The average Bonchev–Trinajstić information content (AvgIpc) is 2.19. The normalized spacial score (nSPS) is 10.1. The molecular formula is C12H8FS. The standard InChI is InChI=1S/C12H8FS/c13-10-5-4-8-12(9-10)14-11-6-2-1-3-7-11/h1-2,4-9H. The van der Waals surface area contributed by atoms with Gasteiger partial charge in [0.05, 0.1) is 0 Å². The molecule has 2 rings (SSSR count). The summed E-state index contributed by atoms with van der Waals surface area (Å²) >= 11 is 1.53. The quantitative estimate of drug-likeness (QED) is 0.715. The fraction of sp³-hybridized carbons (Fsp3) is 0. The van der Waals surface area contributed by atoms with Crippen LogP contribution in [-0.4, -0.2) is 0 Å². The Morgan fingerprint density at radius 1 is 1.07 bits per heavy atom. The molecule has 0 aliphatic carbocycles. The van der Waals surface area contributed by atoms with Gasteiger partial charge >= 0.3 is 0 Å². The van der Waals surface area contributed by atoms with E-state index in [-0.39, 0.29) is 5.82 Å². The first-order valence-corrected chi connectivity index (χ1v) is 5.06. The third kappa shape index (κ3) is 2.36. The second-order valence-corrected chi connectivity index (χ2v) is 3.95. The molecule has 0 spiro atoms. The number of halogens is 1. The van der Waals surface area contributed by atoms with E-state index in [2.05, 4.69) is 6.07 Å². The maximum absolute atomic E-state index is 12.8. The first-order chi connectivity index (χ1) is 6.84. The first-order valence-electron chi connectivity index (χ1n) is 4.24. The van der Waals surface area contributed by atoms with Crippen molar-refractivity contribution in [3.63, 3.8) is 0 Å². The molecule has 69 valence electrons. The maximum Gasteiger partial charge on any atom is 0.124 e. The van der Waals surface area contributed by atoms with Crippen molar-refractivity contribution < 1.29 is 4.39 Å². The van der Waals surface area contributed by atoms with Crippen LogP contribution in [0.4, 0.5) is 4.39 Å². The summed E-state index contributed by atoms with van der Waals surface area (Å²) in [5.74, 6) is -0.199. The van der Waals surface area contributed by atoms with Gasteiger partial charge in [-0.05, 0) is 36.4 Å². The van der Waals surface area contributed by atoms with Gasteiger partial charge in [0.2, 0.25) is 0 Å². The molecule has 2 aromatic rings. The molecule has 0 N–H and O–H groups in total. The van der Waals surface area contributed by atoms with Crippen LogP contribution in [-0.2, 0) is 0 Å². The van der Waals surface area contributed by atoms with Crippen molar-refractivity contribution >= 4 is 11.8 Å². The summed E-state index contributed by atoms with van der Waals surface area (Å²) in [4.78, 5) is 1.97. The summed E-state index contributed by atoms with van der Waals surface area (Å²) in [6, 6.07) is 17.2. The zero-order valence-corrected chi connectivity index (χ0v) is 8.22. The molecule has 14 heavy (non-hydrogen) atoms. The lowest BCUT2D eigenvalue weighted by Crippen LogP contribution is -1.75. The van der Waals surface area contributed by atoms with Crippen LogP contribution in [0, 0.1) is 11.9 Å². The topological polar surface area (TPSA) is 0 Å². The lowest BCUT2D eigenvalue weighted by molar-refractivity contribution is 0.624. The van der Waals surface area contributed by atoms with Gasteiger partial charge in [-0.25, -0.2) is 4.39 Å². The van der Waals surface area contributed by atoms with Gasteiger partial charge in [-0.1, -0.05) is 30.0 Å². The van der Waals surface area contributed by atoms with Crippen molar-refractivity contribution in [3.8, 4) is 0 Å². The molecule has 0 saturated heterocycles. The molecule has 1 radical (unpaired) electrons.